The van der Waals surface area contributed by atoms with E-state index in [0.717, 1.165) is 29.0 Å². The van der Waals surface area contributed by atoms with Crippen LogP contribution >= 0.6 is 0 Å². The van der Waals surface area contributed by atoms with Gasteiger partial charge in [0, 0.05) is 62.5 Å². The normalized spacial score (nSPS) is 14.3. The highest BCUT2D eigenvalue weighted by atomic mass is 19.4. The van der Waals surface area contributed by atoms with Crippen molar-refractivity contribution < 1.29 is 27.5 Å². The highest BCUT2D eigenvalue weighted by Crippen LogP contribution is 2.30. The predicted molar refractivity (Wildman–Crippen MR) is 153 cm³/mol. The second-order valence-corrected chi connectivity index (χ2v) is 9.97. The van der Waals surface area contributed by atoms with Crippen molar-refractivity contribution in [3.8, 4) is 5.75 Å². The first-order valence-electron chi connectivity index (χ1n) is 13.5. The third-order valence-electron chi connectivity index (χ3n) is 7.13. The molecule has 0 unspecified atom stereocenters. The molecule has 2 amide bonds. The Balaban J connectivity index is 1.37. The molecule has 3 aromatic carbocycles. The minimum Gasteiger partial charge on any atom is -0.496 e. The first kappa shape index (κ1) is 29.9. The van der Waals surface area contributed by atoms with E-state index in [1.807, 2.05) is 67.6 Å². The molecule has 1 aliphatic heterocycles. The Morgan fingerprint density at radius 2 is 1.63 bits per heavy atom. The van der Waals surface area contributed by atoms with Gasteiger partial charge in [-0.25, -0.2) is 0 Å². The van der Waals surface area contributed by atoms with Gasteiger partial charge in [-0.2, -0.15) is 13.2 Å². The predicted octanol–water partition coefficient (Wildman–Crippen LogP) is 5.64. The summed E-state index contributed by atoms with van der Waals surface area (Å²) >= 11 is 0. The summed E-state index contributed by atoms with van der Waals surface area (Å²) in [5.74, 6) is 0.263. The molecule has 9 heteroatoms. The van der Waals surface area contributed by atoms with E-state index in [4.69, 9.17) is 4.74 Å². The molecule has 4 rings (SSSR count). The van der Waals surface area contributed by atoms with Gasteiger partial charge in [-0.15, -0.1) is 0 Å². The Morgan fingerprint density at radius 3 is 2.32 bits per heavy atom. The summed E-state index contributed by atoms with van der Waals surface area (Å²) in [6.45, 7) is 5.38. The van der Waals surface area contributed by atoms with E-state index in [-0.39, 0.29) is 11.5 Å². The number of carbonyl (C=O) groups excluding carboxylic acids is 2. The van der Waals surface area contributed by atoms with Crippen molar-refractivity contribution in [2.24, 2.45) is 0 Å². The minimum absolute atomic E-state index is 0.0324. The van der Waals surface area contributed by atoms with E-state index in [2.05, 4.69) is 4.90 Å². The molecule has 0 spiro atoms. The SMILES string of the molecule is COc1ccccc1/C=C/CN(CCN1CCN(C(=O)c2cccc(C(F)(F)F)c2)CC1)C(=O)c1ccc(C)cc1. The first-order chi connectivity index (χ1) is 19.7. The molecular weight excluding hydrogens is 531 g/mol. The van der Waals surface area contributed by atoms with Crippen molar-refractivity contribution in [1.29, 1.82) is 0 Å². The summed E-state index contributed by atoms with van der Waals surface area (Å²) in [4.78, 5) is 31.8. The van der Waals surface area contributed by atoms with Crippen LogP contribution in [0.25, 0.3) is 6.08 Å². The number of para-hydroxylation sites is 1. The van der Waals surface area contributed by atoms with E-state index >= 15 is 0 Å². The van der Waals surface area contributed by atoms with Crippen LogP contribution in [0.2, 0.25) is 0 Å². The van der Waals surface area contributed by atoms with Gasteiger partial charge in [-0.1, -0.05) is 54.1 Å². The number of carbonyl (C=O) groups is 2. The van der Waals surface area contributed by atoms with Crippen molar-refractivity contribution in [3.05, 3.63) is 107 Å². The van der Waals surface area contributed by atoms with Gasteiger partial charge in [-0.3, -0.25) is 14.5 Å². The lowest BCUT2D eigenvalue weighted by atomic mass is 10.1. The van der Waals surface area contributed by atoms with Crippen LogP contribution in [0.4, 0.5) is 13.2 Å². The molecule has 6 nitrogen and oxygen atoms in total. The number of aryl methyl sites for hydroxylation is 1. The van der Waals surface area contributed by atoms with Crippen LogP contribution in [0.5, 0.6) is 5.75 Å². The summed E-state index contributed by atoms with van der Waals surface area (Å²) in [7, 11) is 1.62. The van der Waals surface area contributed by atoms with Crippen LogP contribution in [0.15, 0.2) is 78.9 Å². The van der Waals surface area contributed by atoms with Crippen molar-refractivity contribution >= 4 is 17.9 Å². The first-order valence-corrected chi connectivity index (χ1v) is 13.5. The monoisotopic (exact) mass is 565 g/mol. The molecule has 216 valence electrons. The average Bonchev–Trinajstić information content (AvgIpc) is 2.98. The molecule has 0 atom stereocenters. The highest BCUT2D eigenvalue weighted by Gasteiger charge is 2.32. The highest BCUT2D eigenvalue weighted by molar-refractivity contribution is 5.95. The summed E-state index contributed by atoms with van der Waals surface area (Å²) in [5.41, 5.74) is 1.80. The Kier molecular flexibility index (Phi) is 9.83. The van der Waals surface area contributed by atoms with E-state index in [9.17, 15) is 22.8 Å². The van der Waals surface area contributed by atoms with E-state index < -0.39 is 17.6 Å². The Morgan fingerprint density at radius 1 is 0.927 bits per heavy atom. The van der Waals surface area contributed by atoms with Crippen molar-refractivity contribution in [1.82, 2.24) is 14.7 Å². The van der Waals surface area contributed by atoms with E-state index in [1.54, 1.807) is 16.9 Å². The van der Waals surface area contributed by atoms with Gasteiger partial charge in [0.25, 0.3) is 11.8 Å². The van der Waals surface area contributed by atoms with E-state index in [1.165, 1.54) is 12.1 Å². The molecule has 0 aromatic heterocycles. The maximum absolute atomic E-state index is 13.4. The van der Waals surface area contributed by atoms with Gasteiger partial charge in [0.15, 0.2) is 0 Å². The van der Waals surface area contributed by atoms with Gasteiger partial charge in [0.1, 0.15) is 5.75 Å². The van der Waals surface area contributed by atoms with Gasteiger partial charge in [-0.05, 0) is 43.3 Å². The molecule has 1 saturated heterocycles. The molecule has 0 aliphatic carbocycles. The van der Waals surface area contributed by atoms with Crippen LogP contribution in [0.1, 0.15) is 37.4 Å². The lowest BCUT2D eigenvalue weighted by Gasteiger charge is -2.36. The molecule has 1 heterocycles. The third kappa shape index (κ3) is 7.98. The zero-order chi connectivity index (χ0) is 29.4. The van der Waals surface area contributed by atoms with Crippen molar-refractivity contribution in [2.45, 2.75) is 13.1 Å². The molecule has 1 fully saturated rings. The Bertz CT molecular complexity index is 1360. The second kappa shape index (κ2) is 13.5. The lowest BCUT2D eigenvalue weighted by Crippen LogP contribution is -2.50. The number of alkyl halides is 3. The molecule has 0 saturated carbocycles. The van der Waals surface area contributed by atoms with Gasteiger partial charge in [0.05, 0.1) is 12.7 Å². The van der Waals surface area contributed by atoms with Crippen LogP contribution in [-0.4, -0.2) is 79.4 Å². The summed E-state index contributed by atoms with van der Waals surface area (Å²) in [6, 6.07) is 19.7. The maximum atomic E-state index is 13.4. The smallest absolute Gasteiger partial charge is 0.416 e. The number of ether oxygens (including phenoxy) is 1. The zero-order valence-corrected chi connectivity index (χ0v) is 23.2. The number of rotatable bonds is 9. The fourth-order valence-electron chi connectivity index (χ4n) is 4.71. The van der Waals surface area contributed by atoms with Crippen LogP contribution < -0.4 is 4.74 Å². The zero-order valence-electron chi connectivity index (χ0n) is 23.2. The number of hydrogen-bond acceptors (Lipinski definition) is 4. The maximum Gasteiger partial charge on any atom is 0.416 e. The fraction of sp³-hybridized carbons (Fsp3) is 0.312. The standard InChI is InChI=1S/C32H34F3N3O3/c1-24-12-14-26(15-13-24)30(39)37(16-6-9-25-7-3-4-11-29(25)41-2)20-17-36-18-21-38(22-19-36)31(40)27-8-5-10-28(23-27)32(33,34)35/h3-15,23H,16-22H2,1-2H3/b9-6+. The average molecular weight is 566 g/mol. The third-order valence-corrected chi connectivity index (χ3v) is 7.13. The Hall–Kier alpha value is -4.11. The number of hydrogen-bond donors (Lipinski definition) is 0. The number of amides is 2. The van der Waals surface area contributed by atoms with E-state index in [0.29, 0.717) is 51.4 Å². The molecular formula is C32H34F3N3O3. The summed E-state index contributed by atoms with van der Waals surface area (Å²) in [5, 5.41) is 0. The Labute approximate surface area is 238 Å². The number of piperazine rings is 1. The molecule has 1 aliphatic rings. The second-order valence-electron chi connectivity index (χ2n) is 9.97. The quantitative estimate of drug-likeness (QED) is 0.337. The van der Waals surface area contributed by atoms with Crippen molar-refractivity contribution in [3.63, 3.8) is 0 Å². The number of methoxy groups -OCH3 is 1. The topological polar surface area (TPSA) is 53.1 Å². The van der Waals surface area contributed by atoms with Crippen LogP contribution in [-0.2, 0) is 6.18 Å². The lowest BCUT2D eigenvalue weighted by molar-refractivity contribution is -0.137. The molecule has 0 N–H and O–H groups in total. The van der Waals surface area contributed by atoms with Gasteiger partial charge in [0.2, 0.25) is 0 Å². The van der Waals surface area contributed by atoms with Gasteiger partial charge < -0.3 is 14.5 Å². The van der Waals surface area contributed by atoms with Crippen LogP contribution in [0.3, 0.4) is 0 Å². The minimum atomic E-state index is -4.50. The summed E-state index contributed by atoms with van der Waals surface area (Å²) < 4.78 is 44.7. The molecule has 0 bridgehead atoms. The fourth-order valence-corrected chi connectivity index (χ4v) is 4.71. The summed E-state index contributed by atoms with van der Waals surface area (Å²) in [6.07, 6.45) is -0.624. The van der Waals surface area contributed by atoms with Crippen LogP contribution in [0, 0.1) is 6.92 Å². The largest absolute Gasteiger partial charge is 0.496 e. The number of benzene rings is 3. The number of nitrogens with zero attached hydrogens (tertiary/aromatic N) is 3. The molecule has 3 aromatic rings. The van der Waals surface area contributed by atoms with Gasteiger partial charge >= 0.3 is 6.18 Å². The molecule has 0 radical (unpaired) electrons. The molecule has 41 heavy (non-hydrogen) atoms. The number of halogens is 3. The van der Waals surface area contributed by atoms with Crippen molar-refractivity contribution in [2.75, 3.05) is 52.9 Å².